The Hall–Kier alpha value is -2.53. The highest BCUT2D eigenvalue weighted by Gasteiger charge is 2.30. The molecule has 23 heavy (non-hydrogen) atoms. The molecule has 0 spiro atoms. The van der Waals surface area contributed by atoms with E-state index in [9.17, 15) is 14.4 Å². The summed E-state index contributed by atoms with van der Waals surface area (Å²) in [5, 5.41) is 0. The Kier molecular flexibility index (Phi) is 3.96. The second-order valence-electron chi connectivity index (χ2n) is 4.97. The van der Waals surface area contributed by atoms with Crippen LogP contribution in [0.4, 0.5) is 0 Å². The molecule has 0 atom stereocenters. The fourth-order valence-electron chi connectivity index (χ4n) is 2.43. The number of rotatable bonds is 3. The molecule has 0 radical (unpaired) electrons. The Morgan fingerprint density at radius 1 is 1.04 bits per heavy atom. The number of ether oxygens (including phenoxy) is 1. The molecule has 2 aromatic carbocycles. The first kappa shape index (κ1) is 15.4. The lowest BCUT2D eigenvalue weighted by Crippen LogP contribution is -2.22. The third kappa shape index (κ3) is 2.64. The zero-order chi connectivity index (χ0) is 16.6. The number of carbonyl (C=O) groups is 3. The van der Waals surface area contributed by atoms with Gasteiger partial charge in [0.15, 0.2) is 17.3 Å². The summed E-state index contributed by atoms with van der Waals surface area (Å²) in [6.07, 6.45) is 1.11. The van der Waals surface area contributed by atoms with Crippen LogP contribution >= 0.6 is 15.9 Å². The lowest BCUT2D eigenvalue weighted by atomic mass is 9.86. The highest BCUT2D eigenvalue weighted by Crippen LogP contribution is 2.28. The van der Waals surface area contributed by atoms with E-state index in [-0.39, 0.29) is 22.5 Å². The fourth-order valence-corrected chi connectivity index (χ4v) is 2.86. The molecule has 0 aromatic heterocycles. The van der Waals surface area contributed by atoms with E-state index in [2.05, 4.69) is 15.9 Å². The summed E-state index contributed by atoms with van der Waals surface area (Å²) in [7, 11) is 1.49. The van der Waals surface area contributed by atoms with Gasteiger partial charge in [0.05, 0.1) is 12.7 Å². The minimum atomic E-state index is -0.511. The van der Waals surface area contributed by atoms with Gasteiger partial charge in [0.2, 0.25) is 0 Å². The Labute approximate surface area is 140 Å². The number of Topliss-reactive ketones (excluding diaryl/α,β-unsaturated/α-hetero) is 2. The van der Waals surface area contributed by atoms with Gasteiger partial charge in [-0.15, -0.1) is 0 Å². The molecule has 114 valence electrons. The van der Waals surface area contributed by atoms with E-state index in [1.807, 2.05) is 0 Å². The third-order valence-electron chi connectivity index (χ3n) is 3.62. The van der Waals surface area contributed by atoms with E-state index in [1.54, 1.807) is 36.4 Å². The summed E-state index contributed by atoms with van der Waals surface area (Å²) in [6, 6.07) is 11.4. The average Bonchev–Trinajstić information content (AvgIpc) is 2.58. The van der Waals surface area contributed by atoms with Gasteiger partial charge in [0.1, 0.15) is 5.75 Å². The molecular weight excluding hydrogens is 360 g/mol. The van der Waals surface area contributed by atoms with Gasteiger partial charge < -0.3 is 4.74 Å². The standard InChI is InChI=1S/C18H11BrO4/c1-23-10-6-7-15(19)13(8-10)18(22)14-9-16(20)11-4-2-3-5-12(11)17(14)21/h2-9H,1H3. The number of hydrogen-bond acceptors (Lipinski definition) is 4. The highest BCUT2D eigenvalue weighted by atomic mass is 79.9. The lowest BCUT2D eigenvalue weighted by Gasteiger charge is -2.15. The summed E-state index contributed by atoms with van der Waals surface area (Å²) in [5.74, 6) is -0.807. The van der Waals surface area contributed by atoms with Crippen LogP contribution in [0.1, 0.15) is 31.1 Å². The fraction of sp³-hybridized carbons (Fsp3) is 0.0556. The Morgan fingerprint density at radius 3 is 2.43 bits per heavy atom. The summed E-state index contributed by atoms with van der Waals surface area (Å²) in [6.45, 7) is 0. The van der Waals surface area contributed by atoms with Crippen molar-refractivity contribution in [2.45, 2.75) is 0 Å². The van der Waals surface area contributed by atoms with E-state index in [1.165, 1.54) is 13.2 Å². The maximum atomic E-state index is 12.7. The first-order chi connectivity index (χ1) is 11.0. The molecule has 0 amide bonds. The highest BCUT2D eigenvalue weighted by molar-refractivity contribution is 9.10. The summed E-state index contributed by atoms with van der Waals surface area (Å²) >= 11 is 3.29. The van der Waals surface area contributed by atoms with Crippen molar-refractivity contribution in [2.24, 2.45) is 0 Å². The first-order valence-electron chi connectivity index (χ1n) is 6.81. The summed E-state index contributed by atoms with van der Waals surface area (Å²) in [4.78, 5) is 37.5. The third-order valence-corrected chi connectivity index (χ3v) is 4.31. The van der Waals surface area contributed by atoms with Crippen LogP contribution in [0.15, 0.2) is 58.6 Å². The van der Waals surface area contributed by atoms with Crippen molar-refractivity contribution >= 4 is 33.3 Å². The number of carbonyl (C=O) groups excluding carboxylic acids is 3. The molecular formula is C18H11BrO4. The van der Waals surface area contributed by atoms with Crippen LogP contribution in [0.3, 0.4) is 0 Å². The SMILES string of the molecule is COc1ccc(Br)c(C(=O)C2=CC(=O)c3ccccc3C2=O)c1. The minimum absolute atomic E-state index is 0.136. The molecule has 1 aliphatic carbocycles. The van der Waals surface area contributed by atoms with Crippen molar-refractivity contribution in [2.75, 3.05) is 7.11 Å². The van der Waals surface area contributed by atoms with E-state index in [0.717, 1.165) is 6.08 Å². The molecule has 0 heterocycles. The predicted molar refractivity (Wildman–Crippen MR) is 88.2 cm³/mol. The van der Waals surface area contributed by atoms with E-state index >= 15 is 0 Å². The maximum Gasteiger partial charge on any atom is 0.198 e. The van der Waals surface area contributed by atoms with Gasteiger partial charge in [-0.2, -0.15) is 0 Å². The molecule has 4 nitrogen and oxygen atoms in total. The largest absolute Gasteiger partial charge is 0.497 e. The van der Waals surface area contributed by atoms with Gasteiger partial charge in [-0.3, -0.25) is 14.4 Å². The quantitative estimate of drug-likeness (QED) is 0.611. The monoisotopic (exact) mass is 370 g/mol. The molecule has 2 aromatic rings. The van der Waals surface area contributed by atoms with Crippen LogP contribution in [0.5, 0.6) is 5.75 Å². The van der Waals surface area contributed by atoms with Crippen LogP contribution < -0.4 is 4.74 Å². The lowest BCUT2D eigenvalue weighted by molar-refractivity contribution is 0.0934. The Morgan fingerprint density at radius 2 is 1.74 bits per heavy atom. The molecule has 1 aliphatic rings. The summed E-state index contributed by atoms with van der Waals surface area (Å²) in [5.41, 5.74) is 0.708. The normalized spacial score (nSPS) is 13.4. The number of hydrogen-bond donors (Lipinski definition) is 0. The number of allylic oxidation sites excluding steroid dienone is 2. The second-order valence-corrected chi connectivity index (χ2v) is 5.83. The second kappa shape index (κ2) is 5.93. The molecule has 0 saturated carbocycles. The molecule has 0 unspecified atom stereocenters. The van der Waals surface area contributed by atoms with Crippen LogP contribution in [-0.4, -0.2) is 24.5 Å². The van der Waals surface area contributed by atoms with Gasteiger partial charge in [0, 0.05) is 27.2 Å². The van der Waals surface area contributed by atoms with Crippen molar-refractivity contribution in [1.82, 2.24) is 0 Å². The predicted octanol–water partition coefficient (Wildman–Crippen LogP) is 3.65. The van der Waals surface area contributed by atoms with Crippen LogP contribution in [0.2, 0.25) is 0 Å². The van der Waals surface area contributed by atoms with Crippen molar-refractivity contribution in [3.8, 4) is 5.75 Å². The van der Waals surface area contributed by atoms with Gasteiger partial charge in [0.25, 0.3) is 0 Å². The van der Waals surface area contributed by atoms with Gasteiger partial charge in [-0.1, -0.05) is 40.2 Å². The number of ketones is 3. The number of benzene rings is 2. The molecule has 3 rings (SSSR count). The zero-order valence-corrected chi connectivity index (χ0v) is 13.7. The van der Waals surface area contributed by atoms with E-state index in [4.69, 9.17) is 4.74 Å². The van der Waals surface area contributed by atoms with E-state index in [0.29, 0.717) is 15.8 Å². The Balaban J connectivity index is 2.08. The first-order valence-corrected chi connectivity index (χ1v) is 7.60. The number of halogens is 1. The summed E-state index contributed by atoms with van der Waals surface area (Å²) < 4.78 is 5.64. The van der Waals surface area contributed by atoms with Crippen molar-refractivity contribution < 1.29 is 19.1 Å². The Bertz CT molecular complexity index is 880. The van der Waals surface area contributed by atoms with Crippen molar-refractivity contribution in [3.63, 3.8) is 0 Å². The van der Waals surface area contributed by atoms with Crippen LogP contribution in [0, 0.1) is 0 Å². The van der Waals surface area contributed by atoms with Crippen molar-refractivity contribution in [1.29, 1.82) is 0 Å². The molecule has 0 saturated heterocycles. The topological polar surface area (TPSA) is 60.4 Å². The number of fused-ring (bicyclic) bond motifs is 1. The molecule has 0 fully saturated rings. The molecule has 0 bridgehead atoms. The van der Waals surface area contributed by atoms with Crippen LogP contribution in [-0.2, 0) is 0 Å². The van der Waals surface area contributed by atoms with Crippen LogP contribution in [0.25, 0.3) is 0 Å². The molecule has 0 aliphatic heterocycles. The van der Waals surface area contributed by atoms with Gasteiger partial charge >= 0.3 is 0 Å². The van der Waals surface area contributed by atoms with Crippen molar-refractivity contribution in [3.05, 3.63) is 75.3 Å². The number of methoxy groups -OCH3 is 1. The van der Waals surface area contributed by atoms with Gasteiger partial charge in [-0.25, -0.2) is 0 Å². The van der Waals surface area contributed by atoms with E-state index < -0.39 is 11.6 Å². The minimum Gasteiger partial charge on any atom is -0.497 e. The smallest absolute Gasteiger partial charge is 0.198 e. The molecule has 0 N–H and O–H groups in total. The maximum absolute atomic E-state index is 12.7. The average molecular weight is 371 g/mol. The zero-order valence-electron chi connectivity index (χ0n) is 12.1. The molecule has 5 heteroatoms. The van der Waals surface area contributed by atoms with Gasteiger partial charge in [-0.05, 0) is 18.2 Å².